The Hall–Kier alpha value is -2.49. The van der Waals surface area contributed by atoms with Gasteiger partial charge in [0.2, 0.25) is 0 Å². The number of carbonyl (C=O) groups excluding carboxylic acids is 1. The summed E-state index contributed by atoms with van der Waals surface area (Å²) >= 11 is 11.6. The Morgan fingerprint density at radius 1 is 1.41 bits per heavy atom. The number of carbonyl (C=O) groups is 1. The van der Waals surface area contributed by atoms with Crippen LogP contribution in [0.3, 0.4) is 0 Å². The van der Waals surface area contributed by atoms with Gasteiger partial charge in [0, 0.05) is 5.69 Å². The van der Waals surface area contributed by atoms with E-state index in [4.69, 9.17) is 33.0 Å². The molecular weight excluding hydrogens is 329 g/mol. The van der Waals surface area contributed by atoms with Crippen LogP contribution in [-0.2, 0) is 4.79 Å². The molecule has 6 nitrogen and oxygen atoms in total. The van der Waals surface area contributed by atoms with Crippen molar-refractivity contribution < 1.29 is 14.4 Å². The summed E-state index contributed by atoms with van der Waals surface area (Å²) in [5.74, 6) is -1.02. The molecule has 0 fully saturated rings. The molecule has 0 aliphatic heterocycles. The third kappa shape index (κ3) is 3.22. The predicted molar refractivity (Wildman–Crippen MR) is 81.5 cm³/mol. The number of nitrogens with zero attached hydrogens (tertiary/aromatic N) is 2. The first kappa shape index (κ1) is 15.9. The summed E-state index contributed by atoms with van der Waals surface area (Å²) in [6, 6.07) is 6.10. The molecule has 0 unspecified atom stereocenters. The van der Waals surface area contributed by atoms with Gasteiger partial charge in [-0.15, -0.1) is 0 Å². The molecule has 0 saturated carbocycles. The number of aliphatic hydroxyl groups excluding tert-OH is 1. The number of rotatable bonds is 3. The van der Waals surface area contributed by atoms with E-state index < -0.39 is 17.2 Å². The molecule has 0 bridgehead atoms. The maximum atomic E-state index is 12.1. The maximum Gasteiger partial charge on any atom is 0.270 e. The summed E-state index contributed by atoms with van der Waals surface area (Å²) in [4.78, 5) is 12.1. The largest absolute Gasteiger partial charge is 0.506 e. The normalized spacial score (nSPS) is 11.5. The first-order valence-electron chi connectivity index (χ1n) is 5.95. The fourth-order valence-electron chi connectivity index (χ4n) is 1.64. The predicted octanol–water partition coefficient (Wildman–Crippen LogP) is 3.72. The van der Waals surface area contributed by atoms with Gasteiger partial charge in [0.15, 0.2) is 11.3 Å². The zero-order chi connectivity index (χ0) is 16.3. The molecule has 0 saturated heterocycles. The standard InChI is InChI=1S/C14H9Cl2N3O3/c1-7-10(6-18-22-7)13(20)9(5-17)14(21)19-8-2-3-11(15)12(16)4-8/h2-4,6,20H,1H3,(H,19,21)/b13-9-. The Bertz CT molecular complexity index is 806. The Balaban J connectivity index is 2.32. The van der Waals surface area contributed by atoms with Crippen molar-refractivity contribution in [2.24, 2.45) is 0 Å². The minimum Gasteiger partial charge on any atom is -0.506 e. The van der Waals surface area contributed by atoms with E-state index in [0.717, 1.165) is 0 Å². The molecule has 8 heteroatoms. The highest BCUT2D eigenvalue weighted by Crippen LogP contribution is 2.26. The molecule has 0 spiro atoms. The molecular formula is C14H9Cl2N3O3. The molecule has 112 valence electrons. The molecule has 2 aromatic rings. The van der Waals surface area contributed by atoms with Gasteiger partial charge in [-0.25, -0.2) is 0 Å². The lowest BCUT2D eigenvalue weighted by atomic mass is 10.1. The average Bonchev–Trinajstić information content (AvgIpc) is 2.89. The molecule has 0 radical (unpaired) electrons. The van der Waals surface area contributed by atoms with Gasteiger partial charge in [-0.2, -0.15) is 5.26 Å². The molecule has 0 aliphatic carbocycles. The molecule has 2 rings (SSSR count). The Morgan fingerprint density at radius 2 is 2.14 bits per heavy atom. The Kier molecular flexibility index (Phi) is 4.71. The van der Waals surface area contributed by atoms with Crippen LogP contribution in [0.4, 0.5) is 5.69 Å². The Morgan fingerprint density at radius 3 is 2.68 bits per heavy atom. The third-order valence-corrected chi connectivity index (χ3v) is 3.50. The van der Waals surface area contributed by atoms with Gasteiger partial charge in [-0.3, -0.25) is 4.79 Å². The molecule has 0 aliphatic rings. The molecule has 1 aromatic carbocycles. The topological polar surface area (TPSA) is 99.2 Å². The van der Waals surface area contributed by atoms with Crippen LogP contribution in [0.2, 0.25) is 10.0 Å². The number of nitrogens with one attached hydrogen (secondary N) is 1. The third-order valence-electron chi connectivity index (χ3n) is 2.76. The summed E-state index contributed by atoms with van der Waals surface area (Å²) in [6.07, 6.45) is 1.22. The van der Waals surface area contributed by atoms with Crippen LogP contribution in [-0.4, -0.2) is 16.2 Å². The number of amides is 1. The number of hydrogen-bond donors (Lipinski definition) is 2. The van der Waals surface area contributed by atoms with E-state index in [0.29, 0.717) is 10.7 Å². The van der Waals surface area contributed by atoms with E-state index >= 15 is 0 Å². The lowest BCUT2D eigenvalue weighted by Crippen LogP contribution is -2.15. The van der Waals surface area contributed by atoms with Crippen LogP contribution in [0.15, 0.2) is 34.5 Å². The molecule has 1 amide bonds. The van der Waals surface area contributed by atoms with E-state index in [-0.39, 0.29) is 16.3 Å². The molecule has 2 N–H and O–H groups in total. The number of halogens is 2. The highest BCUT2D eigenvalue weighted by molar-refractivity contribution is 6.42. The number of aliphatic hydroxyl groups is 1. The smallest absolute Gasteiger partial charge is 0.270 e. The van der Waals surface area contributed by atoms with E-state index in [9.17, 15) is 9.90 Å². The van der Waals surface area contributed by atoms with E-state index in [2.05, 4.69) is 10.5 Å². The second-order valence-corrected chi connectivity index (χ2v) is 5.03. The summed E-state index contributed by atoms with van der Waals surface area (Å²) in [7, 11) is 0. The van der Waals surface area contributed by atoms with Crippen molar-refractivity contribution in [3.05, 3.63) is 51.3 Å². The van der Waals surface area contributed by atoms with Crippen molar-refractivity contribution in [2.75, 3.05) is 5.32 Å². The lowest BCUT2D eigenvalue weighted by molar-refractivity contribution is -0.112. The number of anilines is 1. The average molecular weight is 338 g/mol. The molecule has 1 heterocycles. The number of aromatic nitrogens is 1. The second-order valence-electron chi connectivity index (χ2n) is 4.21. The fourth-order valence-corrected chi connectivity index (χ4v) is 1.94. The van der Waals surface area contributed by atoms with E-state index in [1.807, 2.05) is 0 Å². The highest BCUT2D eigenvalue weighted by atomic mass is 35.5. The van der Waals surface area contributed by atoms with E-state index in [1.54, 1.807) is 13.0 Å². The number of hydrogen-bond acceptors (Lipinski definition) is 5. The summed E-state index contributed by atoms with van der Waals surface area (Å²) in [5, 5.41) is 25.7. The zero-order valence-corrected chi connectivity index (χ0v) is 12.7. The van der Waals surface area contributed by atoms with Crippen LogP contribution in [0, 0.1) is 18.3 Å². The van der Waals surface area contributed by atoms with Crippen LogP contribution in [0.25, 0.3) is 5.76 Å². The molecule has 0 atom stereocenters. The van der Waals surface area contributed by atoms with Gasteiger partial charge in [0.25, 0.3) is 5.91 Å². The van der Waals surface area contributed by atoms with Crippen molar-refractivity contribution in [1.29, 1.82) is 5.26 Å². The number of aryl methyl sites for hydroxylation is 1. The van der Waals surface area contributed by atoms with Gasteiger partial charge in [-0.1, -0.05) is 28.4 Å². The monoisotopic (exact) mass is 337 g/mol. The van der Waals surface area contributed by atoms with Crippen LogP contribution in [0.1, 0.15) is 11.3 Å². The summed E-state index contributed by atoms with van der Waals surface area (Å²) < 4.78 is 4.79. The fraction of sp³-hybridized carbons (Fsp3) is 0.0714. The van der Waals surface area contributed by atoms with Crippen LogP contribution < -0.4 is 5.32 Å². The molecule has 1 aromatic heterocycles. The van der Waals surface area contributed by atoms with Gasteiger partial charge < -0.3 is 14.9 Å². The Labute approximate surface area is 135 Å². The van der Waals surface area contributed by atoms with Crippen molar-refractivity contribution in [2.45, 2.75) is 6.92 Å². The van der Waals surface area contributed by atoms with Crippen molar-refractivity contribution in [3.8, 4) is 6.07 Å². The minimum atomic E-state index is -0.793. The van der Waals surface area contributed by atoms with Gasteiger partial charge in [0.05, 0.1) is 21.8 Å². The van der Waals surface area contributed by atoms with Crippen molar-refractivity contribution >= 4 is 40.6 Å². The van der Waals surface area contributed by atoms with Gasteiger partial charge in [-0.05, 0) is 25.1 Å². The second kappa shape index (κ2) is 6.52. The van der Waals surface area contributed by atoms with Crippen LogP contribution >= 0.6 is 23.2 Å². The first-order chi connectivity index (χ1) is 10.4. The zero-order valence-electron chi connectivity index (χ0n) is 11.2. The van der Waals surface area contributed by atoms with Crippen molar-refractivity contribution in [3.63, 3.8) is 0 Å². The lowest BCUT2D eigenvalue weighted by Gasteiger charge is -2.07. The van der Waals surface area contributed by atoms with Crippen LogP contribution in [0.5, 0.6) is 0 Å². The van der Waals surface area contributed by atoms with E-state index in [1.165, 1.54) is 24.4 Å². The number of nitriles is 1. The summed E-state index contributed by atoms with van der Waals surface area (Å²) in [5.41, 5.74) is 0.0280. The van der Waals surface area contributed by atoms with Gasteiger partial charge in [0.1, 0.15) is 11.8 Å². The minimum absolute atomic E-state index is 0.167. The van der Waals surface area contributed by atoms with Gasteiger partial charge >= 0.3 is 0 Å². The molecule has 22 heavy (non-hydrogen) atoms. The maximum absolute atomic E-state index is 12.1. The SMILES string of the molecule is Cc1oncc1/C(O)=C(\C#N)C(=O)Nc1ccc(Cl)c(Cl)c1. The summed E-state index contributed by atoms with van der Waals surface area (Å²) in [6.45, 7) is 1.55. The first-order valence-corrected chi connectivity index (χ1v) is 6.71. The number of benzene rings is 1. The quantitative estimate of drug-likeness (QED) is 0.505. The highest BCUT2D eigenvalue weighted by Gasteiger charge is 2.20. The van der Waals surface area contributed by atoms with Crippen molar-refractivity contribution in [1.82, 2.24) is 5.16 Å².